The SMILES string of the molecule is O=C(NCC1CCCO1)NCC(O)c1ccc(Cl)c(F)c1. The lowest BCUT2D eigenvalue weighted by atomic mass is 10.1. The summed E-state index contributed by atoms with van der Waals surface area (Å²) in [5, 5.41) is 15.1. The number of nitrogens with one attached hydrogen (secondary N) is 2. The molecule has 0 bridgehead atoms. The number of amides is 2. The van der Waals surface area contributed by atoms with E-state index in [1.165, 1.54) is 12.1 Å². The summed E-state index contributed by atoms with van der Waals surface area (Å²) < 4.78 is 18.7. The van der Waals surface area contributed by atoms with E-state index < -0.39 is 11.9 Å². The highest BCUT2D eigenvalue weighted by Crippen LogP contribution is 2.19. The predicted molar refractivity (Wildman–Crippen MR) is 76.7 cm³/mol. The number of aliphatic hydroxyl groups is 1. The first kappa shape index (κ1) is 16.0. The molecule has 7 heteroatoms. The van der Waals surface area contributed by atoms with Gasteiger partial charge in [0.1, 0.15) is 5.82 Å². The van der Waals surface area contributed by atoms with Gasteiger partial charge in [0, 0.05) is 19.7 Å². The molecule has 0 spiro atoms. The summed E-state index contributed by atoms with van der Waals surface area (Å²) in [6.07, 6.45) is 1.01. The fourth-order valence-corrected chi connectivity index (χ4v) is 2.22. The highest BCUT2D eigenvalue weighted by molar-refractivity contribution is 6.30. The number of carbonyl (C=O) groups is 1. The Bertz CT molecular complexity index is 495. The summed E-state index contributed by atoms with van der Waals surface area (Å²) in [7, 11) is 0. The molecule has 1 aromatic carbocycles. The van der Waals surface area contributed by atoms with Gasteiger partial charge in [0.15, 0.2) is 0 Å². The summed E-state index contributed by atoms with van der Waals surface area (Å²) in [5.74, 6) is -0.601. The maximum absolute atomic E-state index is 13.3. The maximum Gasteiger partial charge on any atom is 0.314 e. The minimum atomic E-state index is -0.995. The molecule has 0 aliphatic carbocycles. The van der Waals surface area contributed by atoms with Crippen molar-refractivity contribution in [2.75, 3.05) is 19.7 Å². The Morgan fingerprint density at radius 2 is 2.33 bits per heavy atom. The van der Waals surface area contributed by atoms with Gasteiger partial charge in [-0.25, -0.2) is 9.18 Å². The predicted octanol–water partition coefficient (Wildman–Crippen LogP) is 1.99. The molecular weight excluding hydrogens is 299 g/mol. The number of rotatable bonds is 5. The van der Waals surface area contributed by atoms with Crippen LogP contribution in [0.1, 0.15) is 24.5 Å². The number of benzene rings is 1. The monoisotopic (exact) mass is 316 g/mol. The Morgan fingerprint density at radius 1 is 1.52 bits per heavy atom. The molecular formula is C14H18ClFN2O3. The molecule has 116 valence electrons. The van der Waals surface area contributed by atoms with Gasteiger partial charge >= 0.3 is 6.03 Å². The fourth-order valence-electron chi connectivity index (χ4n) is 2.10. The molecule has 1 aromatic rings. The zero-order valence-electron chi connectivity index (χ0n) is 11.4. The first-order valence-corrected chi connectivity index (χ1v) is 7.20. The van der Waals surface area contributed by atoms with Crippen molar-refractivity contribution >= 4 is 17.6 Å². The number of urea groups is 1. The molecule has 1 saturated heterocycles. The molecule has 5 nitrogen and oxygen atoms in total. The Hall–Kier alpha value is -1.37. The largest absolute Gasteiger partial charge is 0.387 e. The van der Waals surface area contributed by atoms with Crippen molar-refractivity contribution in [2.24, 2.45) is 0 Å². The van der Waals surface area contributed by atoms with Crippen LogP contribution in [0.25, 0.3) is 0 Å². The fraction of sp³-hybridized carbons (Fsp3) is 0.500. The molecule has 1 aliphatic heterocycles. The Morgan fingerprint density at radius 3 is 3.00 bits per heavy atom. The van der Waals surface area contributed by atoms with E-state index in [1.54, 1.807) is 0 Å². The van der Waals surface area contributed by atoms with Crippen LogP contribution in [0, 0.1) is 5.82 Å². The number of aliphatic hydroxyl groups excluding tert-OH is 1. The van der Waals surface area contributed by atoms with E-state index in [1.807, 2.05) is 0 Å². The van der Waals surface area contributed by atoms with Crippen LogP contribution in [-0.2, 0) is 4.74 Å². The van der Waals surface area contributed by atoms with E-state index in [0.29, 0.717) is 12.1 Å². The van der Waals surface area contributed by atoms with Crippen molar-refractivity contribution in [3.63, 3.8) is 0 Å². The van der Waals surface area contributed by atoms with Crippen molar-refractivity contribution in [3.05, 3.63) is 34.6 Å². The molecule has 1 heterocycles. The zero-order chi connectivity index (χ0) is 15.2. The van der Waals surface area contributed by atoms with Crippen LogP contribution >= 0.6 is 11.6 Å². The molecule has 0 aromatic heterocycles. The average molecular weight is 317 g/mol. The second-order valence-electron chi connectivity index (χ2n) is 4.92. The molecule has 2 amide bonds. The van der Waals surface area contributed by atoms with Gasteiger partial charge in [-0.15, -0.1) is 0 Å². The van der Waals surface area contributed by atoms with Gasteiger partial charge in [0.25, 0.3) is 0 Å². The first-order valence-electron chi connectivity index (χ1n) is 6.82. The normalized spacial score (nSPS) is 19.3. The Labute approximate surface area is 127 Å². The van der Waals surface area contributed by atoms with E-state index in [-0.39, 0.29) is 23.7 Å². The molecule has 1 fully saturated rings. The van der Waals surface area contributed by atoms with Gasteiger partial charge < -0.3 is 20.5 Å². The topological polar surface area (TPSA) is 70.6 Å². The first-order chi connectivity index (χ1) is 10.1. The number of carbonyl (C=O) groups excluding carboxylic acids is 1. The van der Waals surface area contributed by atoms with Crippen LogP contribution in [0.3, 0.4) is 0 Å². The molecule has 0 radical (unpaired) electrons. The molecule has 3 N–H and O–H groups in total. The van der Waals surface area contributed by atoms with Gasteiger partial charge in [0.2, 0.25) is 0 Å². The Kier molecular flexibility index (Phi) is 5.78. The van der Waals surface area contributed by atoms with Crippen LogP contribution in [0.4, 0.5) is 9.18 Å². The van der Waals surface area contributed by atoms with E-state index >= 15 is 0 Å². The van der Waals surface area contributed by atoms with Crippen molar-refractivity contribution in [1.82, 2.24) is 10.6 Å². The lowest BCUT2D eigenvalue weighted by molar-refractivity contribution is 0.111. The number of hydrogen-bond donors (Lipinski definition) is 3. The third kappa shape index (κ3) is 4.84. The highest BCUT2D eigenvalue weighted by atomic mass is 35.5. The van der Waals surface area contributed by atoms with E-state index in [9.17, 15) is 14.3 Å². The second-order valence-corrected chi connectivity index (χ2v) is 5.32. The average Bonchev–Trinajstić information content (AvgIpc) is 2.98. The van der Waals surface area contributed by atoms with E-state index in [0.717, 1.165) is 25.5 Å². The lowest BCUT2D eigenvalue weighted by Gasteiger charge is -2.15. The van der Waals surface area contributed by atoms with E-state index in [4.69, 9.17) is 16.3 Å². The molecule has 21 heavy (non-hydrogen) atoms. The maximum atomic E-state index is 13.3. The number of ether oxygens (including phenoxy) is 1. The van der Waals surface area contributed by atoms with Crippen molar-refractivity contribution in [3.8, 4) is 0 Å². The van der Waals surface area contributed by atoms with Crippen LogP contribution in [0.5, 0.6) is 0 Å². The number of halogens is 2. The second kappa shape index (κ2) is 7.59. The summed E-state index contributed by atoms with van der Waals surface area (Å²) >= 11 is 5.57. The summed E-state index contributed by atoms with van der Waals surface area (Å²) in [6.45, 7) is 1.16. The quantitative estimate of drug-likeness (QED) is 0.778. The molecule has 2 atom stereocenters. The van der Waals surface area contributed by atoms with Gasteiger partial charge in [-0.05, 0) is 30.5 Å². The van der Waals surface area contributed by atoms with Crippen molar-refractivity contribution in [2.45, 2.75) is 25.0 Å². The van der Waals surface area contributed by atoms with Gasteiger partial charge in [0.05, 0.1) is 17.2 Å². The molecule has 1 aliphatic rings. The summed E-state index contributed by atoms with van der Waals surface area (Å²) in [4.78, 5) is 11.6. The van der Waals surface area contributed by atoms with Crippen LogP contribution in [0.15, 0.2) is 18.2 Å². The minimum absolute atomic E-state index is 0.00628. The highest BCUT2D eigenvalue weighted by Gasteiger charge is 2.16. The lowest BCUT2D eigenvalue weighted by Crippen LogP contribution is -2.41. The zero-order valence-corrected chi connectivity index (χ0v) is 12.2. The molecule has 2 rings (SSSR count). The van der Waals surface area contributed by atoms with Crippen molar-refractivity contribution < 1.29 is 19.0 Å². The third-order valence-electron chi connectivity index (χ3n) is 3.30. The van der Waals surface area contributed by atoms with Crippen molar-refractivity contribution in [1.29, 1.82) is 0 Å². The van der Waals surface area contributed by atoms with Gasteiger partial charge in [-0.1, -0.05) is 17.7 Å². The standard InChI is InChI=1S/C14H18ClFN2O3/c15-11-4-3-9(6-12(11)16)13(19)8-18-14(20)17-7-10-2-1-5-21-10/h3-4,6,10,13,19H,1-2,5,7-8H2,(H2,17,18,20). The smallest absolute Gasteiger partial charge is 0.314 e. The van der Waals surface area contributed by atoms with Gasteiger partial charge in [-0.2, -0.15) is 0 Å². The molecule has 2 unspecified atom stereocenters. The van der Waals surface area contributed by atoms with Crippen LogP contribution in [0.2, 0.25) is 5.02 Å². The van der Waals surface area contributed by atoms with Crippen LogP contribution < -0.4 is 10.6 Å². The minimum Gasteiger partial charge on any atom is -0.387 e. The van der Waals surface area contributed by atoms with E-state index in [2.05, 4.69) is 10.6 Å². The summed E-state index contributed by atoms with van der Waals surface area (Å²) in [5.41, 5.74) is 0.358. The molecule has 0 saturated carbocycles. The van der Waals surface area contributed by atoms with Gasteiger partial charge in [-0.3, -0.25) is 0 Å². The third-order valence-corrected chi connectivity index (χ3v) is 3.61. The van der Waals surface area contributed by atoms with Crippen LogP contribution in [-0.4, -0.2) is 36.9 Å². The number of hydrogen-bond acceptors (Lipinski definition) is 3. The summed E-state index contributed by atoms with van der Waals surface area (Å²) in [6, 6.07) is 3.65. The Balaban J connectivity index is 1.73.